The molecular weight excluding hydrogens is 424 g/mol. The van der Waals surface area contributed by atoms with Crippen LogP contribution in [0.25, 0.3) is 0 Å². The molecule has 170 valence electrons. The Morgan fingerprint density at radius 1 is 1.22 bits per heavy atom. The van der Waals surface area contributed by atoms with Crippen LogP contribution in [-0.2, 0) is 13.2 Å². The first kappa shape index (κ1) is 22.5. The highest BCUT2D eigenvalue weighted by Gasteiger charge is 2.22. The van der Waals surface area contributed by atoms with Gasteiger partial charge in [0.1, 0.15) is 18.1 Å². The largest absolute Gasteiger partial charge is 0.489 e. The lowest BCUT2D eigenvalue weighted by atomic mass is 9.92. The number of carbonyl (C=O) groups excluding carboxylic acids is 1. The van der Waals surface area contributed by atoms with E-state index in [1.165, 1.54) is 17.8 Å². The third-order valence-electron chi connectivity index (χ3n) is 5.78. The van der Waals surface area contributed by atoms with Crippen molar-refractivity contribution in [3.8, 4) is 5.75 Å². The van der Waals surface area contributed by atoms with Crippen molar-refractivity contribution in [2.45, 2.75) is 47.3 Å². The maximum Gasteiger partial charge on any atom is 0.257 e. The second kappa shape index (κ2) is 9.83. The van der Waals surface area contributed by atoms with Crippen LogP contribution in [0.1, 0.15) is 53.3 Å². The molecule has 0 unspecified atom stereocenters. The van der Waals surface area contributed by atoms with E-state index < -0.39 is 0 Å². The highest BCUT2D eigenvalue weighted by molar-refractivity contribution is 7.13. The number of thiazole rings is 1. The first-order valence-electron chi connectivity index (χ1n) is 11.0. The van der Waals surface area contributed by atoms with E-state index in [0.717, 1.165) is 42.3 Å². The summed E-state index contributed by atoms with van der Waals surface area (Å²) in [6.45, 7) is 11.8. The SMILES string of the molecule is Cc1noc(C)c1COc1ccc(C(=O)Nc2nc(CN3C[C@H](C)C[C@@H](C)C3)cs2)cc1. The third-order valence-corrected chi connectivity index (χ3v) is 6.59. The summed E-state index contributed by atoms with van der Waals surface area (Å²) in [5.74, 6) is 2.69. The van der Waals surface area contributed by atoms with Crippen molar-refractivity contribution in [1.82, 2.24) is 15.0 Å². The number of likely N-dealkylation sites (tertiary alicyclic amines) is 1. The number of aromatic nitrogens is 2. The van der Waals surface area contributed by atoms with Gasteiger partial charge in [-0.3, -0.25) is 15.0 Å². The number of hydrogen-bond donors (Lipinski definition) is 1. The van der Waals surface area contributed by atoms with Crippen molar-refractivity contribution in [2.75, 3.05) is 18.4 Å². The van der Waals surface area contributed by atoms with Gasteiger partial charge in [0.2, 0.25) is 0 Å². The van der Waals surface area contributed by atoms with Gasteiger partial charge in [0.15, 0.2) is 5.13 Å². The maximum absolute atomic E-state index is 12.6. The molecule has 1 amide bonds. The van der Waals surface area contributed by atoms with Gasteiger partial charge in [0.25, 0.3) is 5.91 Å². The summed E-state index contributed by atoms with van der Waals surface area (Å²) < 4.78 is 11.0. The zero-order valence-electron chi connectivity index (χ0n) is 19.1. The smallest absolute Gasteiger partial charge is 0.257 e. The van der Waals surface area contributed by atoms with Gasteiger partial charge in [-0.2, -0.15) is 0 Å². The van der Waals surface area contributed by atoms with Crippen LogP contribution in [0.4, 0.5) is 5.13 Å². The minimum Gasteiger partial charge on any atom is -0.489 e. The van der Waals surface area contributed by atoms with E-state index in [1.54, 1.807) is 24.3 Å². The van der Waals surface area contributed by atoms with Crippen molar-refractivity contribution >= 4 is 22.4 Å². The minimum absolute atomic E-state index is 0.177. The molecule has 2 atom stereocenters. The molecule has 32 heavy (non-hydrogen) atoms. The van der Waals surface area contributed by atoms with E-state index >= 15 is 0 Å². The summed E-state index contributed by atoms with van der Waals surface area (Å²) in [7, 11) is 0. The zero-order chi connectivity index (χ0) is 22.7. The van der Waals surface area contributed by atoms with Gasteiger partial charge in [-0.15, -0.1) is 11.3 Å². The van der Waals surface area contributed by atoms with E-state index in [1.807, 2.05) is 19.2 Å². The van der Waals surface area contributed by atoms with Crippen LogP contribution >= 0.6 is 11.3 Å². The molecule has 7 nitrogen and oxygen atoms in total. The molecular formula is C24H30N4O3S. The molecule has 1 aliphatic rings. The summed E-state index contributed by atoms with van der Waals surface area (Å²) in [4.78, 5) is 19.7. The molecule has 0 bridgehead atoms. The third kappa shape index (κ3) is 5.55. The number of hydrogen-bond acceptors (Lipinski definition) is 7. The topological polar surface area (TPSA) is 80.5 Å². The molecule has 1 fully saturated rings. The molecule has 1 aliphatic heterocycles. The average molecular weight is 455 g/mol. The van der Waals surface area contributed by atoms with E-state index in [2.05, 4.69) is 34.2 Å². The second-order valence-corrected chi connectivity index (χ2v) is 9.71. The molecule has 8 heteroatoms. The first-order valence-corrected chi connectivity index (χ1v) is 11.9. The predicted molar refractivity (Wildman–Crippen MR) is 125 cm³/mol. The molecule has 3 aromatic rings. The van der Waals surface area contributed by atoms with Crippen LogP contribution < -0.4 is 10.1 Å². The molecule has 0 saturated carbocycles. The lowest BCUT2D eigenvalue weighted by Crippen LogP contribution is -2.38. The number of aryl methyl sites for hydroxylation is 2. The van der Waals surface area contributed by atoms with Crippen molar-refractivity contribution < 1.29 is 14.1 Å². The van der Waals surface area contributed by atoms with Gasteiger partial charge >= 0.3 is 0 Å². The van der Waals surface area contributed by atoms with Crippen LogP contribution in [0.15, 0.2) is 34.2 Å². The molecule has 2 aromatic heterocycles. The predicted octanol–water partition coefficient (Wildman–Crippen LogP) is 5.06. The summed E-state index contributed by atoms with van der Waals surface area (Å²) in [6.07, 6.45) is 1.29. The monoisotopic (exact) mass is 454 g/mol. The fraction of sp³-hybridized carbons (Fsp3) is 0.458. The quantitative estimate of drug-likeness (QED) is 0.538. The lowest BCUT2D eigenvalue weighted by Gasteiger charge is -2.34. The van der Waals surface area contributed by atoms with E-state index in [0.29, 0.717) is 34.9 Å². The van der Waals surface area contributed by atoms with Crippen LogP contribution in [0, 0.1) is 25.7 Å². The van der Waals surface area contributed by atoms with Gasteiger partial charge in [0, 0.05) is 30.6 Å². The fourth-order valence-electron chi connectivity index (χ4n) is 4.32. The van der Waals surface area contributed by atoms with Crippen LogP contribution in [0.5, 0.6) is 5.75 Å². The van der Waals surface area contributed by atoms with Gasteiger partial charge < -0.3 is 9.26 Å². The molecule has 0 aliphatic carbocycles. The van der Waals surface area contributed by atoms with E-state index in [9.17, 15) is 4.79 Å². The molecule has 0 radical (unpaired) electrons. The number of amides is 1. The molecule has 4 rings (SSSR count). The van der Waals surface area contributed by atoms with Gasteiger partial charge in [-0.1, -0.05) is 19.0 Å². The Bertz CT molecular complexity index is 1030. The number of nitrogens with one attached hydrogen (secondary N) is 1. The molecule has 1 aromatic carbocycles. The Morgan fingerprint density at radius 3 is 2.59 bits per heavy atom. The van der Waals surface area contributed by atoms with Crippen molar-refractivity contribution in [3.63, 3.8) is 0 Å². The average Bonchev–Trinajstić information content (AvgIpc) is 3.31. The van der Waals surface area contributed by atoms with Crippen molar-refractivity contribution in [3.05, 3.63) is 57.9 Å². The Kier molecular flexibility index (Phi) is 6.91. The van der Waals surface area contributed by atoms with Crippen molar-refractivity contribution in [2.24, 2.45) is 11.8 Å². The van der Waals surface area contributed by atoms with Crippen LogP contribution in [0.2, 0.25) is 0 Å². The number of ether oxygens (including phenoxy) is 1. The molecule has 1 saturated heterocycles. The summed E-state index contributed by atoms with van der Waals surface area (Å²) in [6, 6.07) is 7.09. The minimum atomic E-state index is -0.177. The number of nitrogens with zero attached hydrogens (tertiary/aromatic N) is 3. The zero-order valence-corrected chi connectivity index (χ0v) is 19.9. The molecule has 0 spiro atoms. The van der Waals surface area contributed by atoms with E-state index in [4.69, 9.17) is 9.26 Å². The van der Waals surface area contributed by atoms with Gasteiger partial charge in [-0.05, 0) is 56.4 Å². The Morgan fingerprint density at radius 2 is 1.94 bits per heavy atom. The number of anilines is 1. The number of piperidine rings is 1. The number of benzene rings is 1. The first-order chi connectivity index (χ1) is 15.4. The molecule has 3 heterocycles. The standard InChI is InChI=1S/C24H30N4O3S/c1-15-9-16(2)11-28(10-15)12-20-14-32-24(25-20)26-23(29)19-5-7-21(8-6-19)30-13-22-17(3)27-31-18(22)4/h5-8,14-16H,9-13H2,1-4H3,(H,25,26,29)/t15-,16-/m1/s1. The highest BCUT2D eigenvalue weighted by Crippen LogP contribution is 2.24. The fourth-order valence-corrected chi connectivity index (χ4v) is 5.02. The maximum atomic E-state index is 12.6. The van der Waals surface area contributed by atoms with Crippen LogP contribution in [0.3, 0.4) is 0 Å². The lowest BCUT2D eigenvalue weighted by molar-refractivity contribution is 0.102. The van der Waals surface area contributed by atoms with Crippen LogP contribution in [-0.4, -0.2) is 34.0 Å². The van der Waals surface area contributed by atoms with E-state index in [-0.39, 0.29) is 5.91 Å². The Balaban J connectivity index is 1.30. The van der Waals surface area contributed by atoms with Crippen molar-refractivity contribution in [1.29, 1.82) is 0 Å². The molecule has 1 N–H and O–H groups in total. The summed E-state index contributed by atoms with van der Waals surface area (Å²) >= 11 is 1.47. The van der Waals surface area contributed by atoms with Gasteiger partial charge in [-0.25, -0.2) is 4.98 Å². The second-order valence-electron chi connectivity index (χ2n) is 8.85. The summed E-state index contributed by atoms with van der Waals surface area (Å²) in [5, 5.41) is 9.50. The highest BCUT2D eigenvalue weighted by atomic mass is 32.1. The Labute approximate surface area is 192 Å². The van der Waals surface area contributed by atoms with Gasteiger partial charge in [0.05, 0.1) is 17.0 Å². The number of rotatable bonds is 7. The number of carbonyl (C=O) groups is 1. The normalized spacial score (nSPS) is 19.1. The summed E-state index contributed by atoms with van der Waals surface area (Å²) in [5.41, 5.74) is 3.34. The Hall–Kier alpha value is -2.71.